The SMILES string of the molecule is O=C(CCCc1ccc(I)cc1)NON1C(=O)CCC1=O. The smallest absolute Gasteiger partial charge is 0.256 e. The molecule has 0 saturated carbocycles. The molecule has 112 valence electrons. The summed E-state index contributed by atoms with van der Waals surface area (Å²) in [4.78, 5) is 38.8. The van der Waals surface area contributed by atoms with Crippen molar-refractivity contribution >= 4 is 40.3 Å². The topological polar surface area (TPSA) is 75.7 Å². The molecule has 6 nitrogen and oxygen atoms in total. The first kappa shape index (κ1) is 15.9. The molecule has 0 bridgehead atoms. The van der Waals surface area contributed by atoms with E-state index in [2.05, 4.69) is 28.1 Å². The van der Waals surface area contributed by atoms with E-state index < -0.39 is 11.8 Å². The maximum atomic E-state index is 11.6. The molecular weight excluding hydrogens is 387 g/mol. The zero-order chi connectivity index (χ0) is 15.2. The number of aryl methyl sites for hydroxylation is 1. The number of imide groups is 1. The van der Waals surface area contributed by atoms with Crippen LogP contribution in [0.25, 0.3) is 0 Å². The van der Waals surface area contributed by atoms with Crippen LogP contribution in [0, 0.1) is 3.57 Å². The van der Waals surface area contributed by atoms with Gasteiger partial charge in [0.1, 0.15) is 0 Å². The fourth-order valence-corrected chi connectivity index (χ4v) is 2.27. The van der Waals surface area contributed by atoms with Gasteiger partial charge in [0.2, 0.25) is 5.91 Å². The van der Waals surface area contributed by atoms with Crippen molar-refractivity contribution in [1.29, 1.82) is 0 Å². The number of carbonyl (C=O) groups excluding carboxylic acids is 3. The van der Waals surface area contributed by atoms with Gasteiger partial charge < -0.3 is 0 Å². The predicted octanol–water partition coefficient (Wildman–Crippen LogP) is 1.73. The second-order valence-electron chi connectivity index (χ2n) is 4.68. The average Bonchev–Trinajstić information content (AvgIpc) is 2.78. The molecule has 2 rings (SSSR count). The molecule has 0 unspecified atom stereocenters. The van der Waals surface area contributed by atoms with Crippen molar-refractivity contribution in [2.24, 2.45) is 0 Å². The van der Waals surface area contributed by atoms with Gasteiger partial charge in [-0.05, 0) is 53.1 Å². The van der Waals surface area contributed by atoms with Crippen LogP contribution in [0.4, 0.5) is 0 Å². The van der Waals surface area contributed by atoms with E-state index in [9.17, 15) is 14.4 Å². The van der Waals surface area contributed by atoms with Gasteiger partial charge in [-0.2, -0.15) is 0 Å². The molecule has 1 fully saturated rings. The lowest BCUT2D eigenvalue weighted by molar-refractivity contribution is -0.209. The summed E-state index contributed by atoms with van der Waals surface area (Å²) in [5.41, 5.74) is 3.29. The van der Waals surface area contributed by atoms with Gasteiger partial charge in [0, 0.05) is 22.8 Å². The van der Waals surface area contributed by atoms with E-state index in [1.807, 2.05) is 24.3 Å². The van der Waals surface area contributed by atoms with Crippen LogP contribution in [0.2, 0.25) is 0 Å². The average molecular weight is 402 g/mol. The van der Waals surface area contributed by atoms with E-state index in [0.29, 0.717) is 11.5 Å². The summed E-state index contributed by atoms with van der Waals surface area (Å²) < 4.78 is 1.17. The molecule has 0 aromatic heterocycles. The molecule has 1 N–H and O–H groups in total. The third-order valence-corrected chi connectivity index (χ3v) is 3.76. The first-order chi connectivity index (χ1) is 10.1. The molecule has 0 radical (unpaired) electrons. The molecule has 1 aromatic rings. The number of amides is 3. The second kappa shape index (κ2) is 7.51. The predicted molar refractivity (Wildman–Crippen MR) is 82.4 cm³/mol. The van der Waals surface area contributed by atoms with E-state index in [-0.39, 0.29) is 25.2 Å². The van der Waals surface area contributed by atoms with Crippen LogP contribution in [-0.2, 0) is 25.7 Å². The van der Waals surface area contributed by atoms with Crippen molar-refractivity contribution in [3.8, 4) is 0 Å². The quantitative estimate of drug-likeness (QED) is 0.447. The first-order valence-corrected chi connectivity index (χ1v) is 7.70. The van der Waals surface area contributed by atoms with Crippen LogP contribution in [0.5, 0.6) is 0 Å². The minimum Gasteiger partial charge on any atom is -0.273 e. The van der Waals surface area contributed by atoms with E-state index in [1.54, 1.807) is 0 Å². The summed E-state index contributed by atoms with van der Waals surface area (Å²) in [6.45, 7) is 0. The molecule has 1 saturated heterocycles. The minimum absolute atomic E-state index is 0.126. The number of rotatable bonds is 6. The molecule has 7 heteroatoms. The highest BCUT2D eigenvalue weighted by atomic mass is 127. The van der Waals surface area contributed by atoms with E-state index in [0.717, 1.165) is 12.0 Å². The number of carbonyl (C=O) groups is 3. The van der Waals surface area contributed by atoms with Gasteiger partial charge in [-0.3, -0.25) is 14.4 Å². The molecule has 1 aliphatic rings. The van der Waals surface area contributed by atoms with Gasteiger partial charge in [-0.15, -0.1) is 10.0 Å². The van der Waals surface area contributed by atoms with Gasteiger partial charge in [0.05, 0.1) is 0 Å². The third kappa shape index (κ3) is 4.78. The second-order valence-corrected chi connectivity index (χ2v) is 5.92. The van der Waals surface area contributed by atoms with Crippen LogP contribution in [0.3, 0.4) is 0 Å². The summed E-state index contributed by atoms with van der Waals surface area (Å²) in [5, 5.41) is 0.608. The number of hydrogen-bond acceptors (Lipinski definition) is 4. The van der Waals surface area contributed by atoms with Crippen molar-refractivity contribution in [3.63, 3.8) is 0 Å². The number of hydrogen-bond donors (Lipinski definition) is 1. The largest absolute Gasteiger partial charge is 0.273 e. The molecule has 0 atom stereocenters. The van der Waals surface area contributed by atoms with Crippen LogP contribution in [0.1, 0.15) is 31.2 Å². The zero-order valence-electron chi connectivity index (χ0n) is 11.3. The van der Waals surface area contributed by atoms with Gasteiger partial charge in [0.25, 0.3) is 11.8 Å². The Hall–Kier alpha value is -1.48. The van der Waals surface area contributed by atoms with E-state index >= 15 is 0 Å². The fourth-order valence-electron chi connectivity index (χ4n) is 1.91. The molecule has 1 aliphatic heterocycles. The Bertz CT molecular complexity index is 528. The molecule has 1 heterocycles. The molecule has 0 spiro atoms. The van der Waals surface area contributed by atoms with Crippen LogP contribution in [-0.4, -0.2) is 22.8 Å². The Morgan fingerprint density at radius 3 is 2.43 bits per heavy atom. The van der Waals surface area contributed by atoms with Crippen molar-refractivity contribution in [3.05, 3.63) is 33.4 Å². The molecule has 1 aromatic carbocycles. The summed E-state index contributed by atoms with van der Waals surface area (Å²) >= 11 is 2.24. The van der Waals surface area contributed by atoms with Crippen molar-refractivity contribution < 1.29 is 19.3 Å². The fraction of sp³-hybridized carbons (Fsp3) is 0.357. The summed E-state index contributed by atoms with van der Waals surface area (Å²) in [6.07, 6.45) is 1.97. The summed E-state index contributed by atoms with van der Waals surface area (Å²) in [6, 6.07) is 8.09. The van der Waals surface area contributed by atoms with E-state index in [1.165, 1.54) is 3.57 Å². The summed E-state index contributed by atoms with van der Waals surface area (Å²) in [7, 11) is 0. The molecule has 21 heavy (non-hydrogen) atoms. The standard InChI is InChI=1S/C14H15IN2O4/c15-11-6-4-10(5-7-11)2-1-3-12(18)16-21-17-13(19)8-9-14(17)20/h4-7H,1-3,8-9H2,(H,16,18). The lowest BCUT2D eigenvalue weighted by Gasteiger charge is -2.12. The van der Waals surface area contributed by atoms with Gasteiger partial charge in [0.15, 0.2) is 0 Å². The Labute approximate surface area is 135 Å². The van der Waals surface area contributed by atoms with Crippen molar-refractivity contribution in [1.82, 2.24) is 10.5 Å². The maximum Gasteiger partial charge on any atom is 0.256 e. The molecule has 0 aliphatic carbocycles. The Balaban J connectivity index is 1.67. The van der Waals surface area contributed by atoms with Crippen LogP contribution < -0.4 is 5.48 Å². The lowest BCUT2D eigenvalue weighted by atomic mass is 10.1. The summed E-state index contributed by atoms with van der Waals surface area (Å²) in [5.74, 6) is -1.22. The number of hydroxylamine groups is 3. The molecule has 3 amide bonds. The normalized spacial score (nSPS) is 14.6. The van der Waals surface area contributed by atoms with E-state index in [4.69, 9.17) is 4.94 Å². The minimum atomic E-state index is -0.431. The Kier molecular flexibility index (Phi) is 5.68. The number of benzene rings is 1. The van der Waals surface area contributed by atoms with Gasteiger partial charge in [-0.1, -0.05) is 12.1 Å². The first-order valence-electron chi connectivity index (χ1n) is 6.62. The van der Waals surface area contributed by atoms with Gasteiger partial charge >= 0.3 is 0 Å². The maximum absolute atomic E-state index is 11.6. The Morgan fingerprint density at radius 1 is 1.19 bits per heavy atom. The third-order valence-electron chi connectivity index (χ3n) is 3.04. The van der Waals surface area contributed by atoms with Crippen LogP contribution in [0.15, 0.2) is 24.3 Å². The highest BCUT2D eigenvalue weighted by Crippen LogP contribution is 2.11. The zero-order valence-corrected chi connectivity index (χ0v) is 13.5. The number of nitrogens with one attached hydrogen (secondary N) is 1. The van der Waals surface area contributed by atoms with Gasteiger partial charge in [-0.25, -0.2) is 5.48 Å². The number of nitrogens with zero attached hydrogens (tertiary/aromatic N) is 1. The monoisotopic (exact) mass is 402 g/mol. The van der Waals surface area contributed by atoms with Crippen molar-refractivity contribution in [2.45, 2.75) is 32.1 Å². The van der Waals surface area contributed by atoms with Crippen LogP contribution >= 0.6 is 22.6 Å². The molecular formula is C14H15IN2O4. The lowest BCUT2D eigenvalue weighted by Crippen LogP contribution is -2.38. The highest BCUT2D eigenvalue weighted by Gasteiger charge is 2.31. The Morgan fingerprint density at radius 2 is 1.81 bits per heavy atom. The number of halogens is 1. The van der Waals surface area contributed by atoms with Crippen molar-refractivity contribution in [2.75, 3.05) is 0 Å². The highest BCUT2D eigenvalue weighted by molar-refractivity contribution is 14.1.